The van der Waals surface area contributed by atoms with E-state index in [2.05, 4.69) is 15.9 Å². The van der Waals surface area contributed by atoms with Gasteiger partial charge in [0.15, 0.2) is 5.76 Å². The fraction of sp³-hybridized carbons (Fsp3) is 0. The Labute approximate surface area is 129 Å². The van der Waals surface area contributed by atoms with Gasteiger partial charge in [0, 0.05) is 10.0 Å². The van der Waals surface area contributed by atoms with E-state index in [1.165, 1.54) is 18.4 Å². The van der Waals surface area contributed by atoms with E-state index >= 15 is 0 Å². The van der Waals surface area contributed by atoms with Crippen LogP contribution in [-0.4, -0.2) is 0 Å². The molecule has 0 aliphatic heterocycles. The Kier molecular flexibility index (Phi) is 3.64. The van der Waals surface area contributed by atoms with Crippen molar-refractivity contribution in [3.63, 3.8) is 0 Å². The van der Waals surface area contributed by atoms with E-state index in [0.717, 1.165) is 21.2 Å². The van der Waals surface area contributed by atoms with Gasteiger partial charge >= 0.3 is 0 Å². The summed E-state index contributed by atoms with van der Waals surface area (Å²) in [5, 5.41) is 0.509. The van der Waals surface area contributed by atoms with Crippen LogP contribution in [0.3, 0.4) is 0 Å². The van der Waals surface area contributed by atoms with Gasteiger partial charge in [0.2, 0.25) is 0 Å². The monoisotopic (exact) mass is 350 g/mol. The first-order valence-electron chi connectivity index (χ1n) is 5.94. The summed E-state index contributed by atoms with van der Waals surface area (Å²) in [6, 6.07) is 13.9. The zero-order chi connectivity index (χ0) is 14.1. The number of furan rings is 1. The number of hydrogen-bond donors (Lipinski definition) is 0. The van der Waals surface area contributed by atoms with Crippen molar-refractivity contribution in [2.45, 2.75) is 0 Å². The molecular formula is C16H9BrClFO. The molecule has 0 atom stereocenters. The van der Waals surface area contributed by atoms with Crippen LogP contribution in [0.2, 0.25) is 5.02 Å². The molecule has 0 fully saturated rings. The summed E-state index contributed by atoms with van der Waals surface area (Å²) in [5.74, 6) is 0.249. The molecule has 0 N–H and O–H groups in total. The molecule has 0 aliphatic rings. The number of benzene rings is 2. The van der Waals surface area contributed by atoms with Crippen LogP contribution in [0.4, 0.5) is 4.39 Å². The molecule has 100 valence electrons. The van der Waals surface area contributed by atoms with Crippen LogP contribution >= 0.6 is 27.5 Å². The van der Waals surface area contributed by atoms with Crippen LogP contribution in [-0.2, 0) is 0 Å². The molecule has 0 saturated carbocycles. The van der Waals surface area contributed by atoms with E-state index in [4.69, 9.17) is 16.0 Å². The number of hydrogen-bond acceptors (Lipinski definition) is 1. The average molecular weight is 352 g/mol. The van der Waals surface area contributed by atoms with Gasteiger partial charge in [-0.25, -0.2) is 4.39 Å². The van der Waals surface area contributed by atoms with Crippen molar-refractivity contribution in [1.29, 1.82) is 0 Å². The predicted octanol–water partition coefficient (Wildman–Crippen LogP) is 6.17. The van der Waals surface area contributed by atoms with Gasteiger partial charge in [0.05, 0.1) is 11.3 Å². The van der Waals surface area contributed by atoms with Crippen molar-refractivity contribution in [2.24, 2.45) is 0 Å². The normalized spacial score (nSPS) is 10.8. The zero-order valence-electron chi connectivity index (χ0n) is 10.2. The summed E-state index contributed by atoms with van der Waals surface area (Å²) in [5.41, 5.74) is 2.41. The van der Waals surface area contributed by atoms with Crippen molar-refractivity contribution >= 4 is 27.5 Å². The van der Waals surface area contributed by atoms with Gasteiger partial charge in [-0.15, -0.1) is 0 Å². The largest absolute Gasteiger partial charge is 0.463 e. The minimum atomic E-state index is -0.297. The first-order chi connectivity index (χ1) is 9.65. The lowest BCUT2D eigenvalue weighted by molar-refractivity contribution is 0.582. The molecule has 1 aromatic heterocycles. The second-order valence-electron chi connectivity index (χ2n) is 4.29. The van der Waals surface area contributed by atoms with Gasteiger partial charge in [-0.05, 0) is 47.5 Å². The van der Waals surface area contributed by atoms with E-state index in [9.17, 15) is 4.39 Å². The van der Waals surface area contributed by atoms with Crippen molar-refractivity contribution < 1.29 is 8.81 Å². The van der Waals surface area contributed by atoms with E-state index in [-0.39, 0.29) is 5.82 Å². The van der Waals surface area contributed by atoms with E-state index < -0.39 is 0 Å². The number of halogens is 3. The van der Waals surface area contributed by atoms with E-state index in [1.807, 2.05) is 24.3 Å². The second kappa shape index (κ2) is 5.43. The van der Waals surface area contributed by atoms with Crippen LogP contribution in [0.15, 0.2) is 63.7 Å². The third-order valence-corrected chi connectivity index (χ3v) is 3.82. The van der Waals surface area contributed by atoms with Crippen molar-refractivity contribution in [3.05, 3.63) is 70.1 Å². The van der Waals surface area contributed by atoms with Gasteiger partial charge in [0.1, 0.15) is 5.82 Å². The topological polar surface area (TPSA) is 13.1 Å². The molecule has 1 nitrogen and oxygen atoms in total. The molecule has 20 heavy (non-hydrogen) atoms. The van der Waals surface area contributed by atoms with E-state index in [0.29, 0.717) is 10.8 Å². The highest BCUT2D eigenvalue weighted by molar-refractivity contribution is 9.10. The summed E-state index contributed by atoms with van der Waals surface area (Å²) < 4.78 is 20.0. The molecule has 3 aromatic rings. The Balaban J connectivity index is 2.21. The standard InChI is InChI=1S/C16H9BrClFO/c17-11-3-1-10(2-4-11)14-9-12(19)5-6-13(14)16-15(18)7-8-20-16/h1-9H. The lowest BCUT2D eigenvalue weighted by Gasteiger charge is -2.09. The fourth-order valence-electron chi connectivity index (χ4n) is 2.07. The molecule has 0 unspecified atom stereocenters. The average Bonchev–Trinajstić information content (AvgIpc) is 2.86. The Hall–Kier alpha value is -1.58. The SMILES string of the molecule is Fc1ccc(-c2occc2Cl)c(-c2ccc(Br)cc2)c1. The summed E-state index contributed by atoms with van der Waals surface area (Å²) in [6.07, 6.45) is 1.52. The third-order valence-electron chi connectivity index (χ3n) is 3.00. The first-order valence-corrected chi connectivity index (χ1v) is 7.11. The van der Waals surface area contributed by atoms with Gasteiger partial charge in [-0.3, -0.25) is 0 Å². The Morgan fingerprint density at radius 2 is 1.70 bits per heavy atom. The molecule has 0 radical (unpaired) electrons. The Bertz CT molecular complexity index is 749. The van der Waals surface area contributed by atoms with Gasteiger partial charge in [0.25, 0.3) is 0 Å². The maximum absolute atomic E-state index is 13.6. The molecule has 0 amide bonds. The Morgan fingerprint density at radius 3 is 2.35 bits per heavy atom. The molecule has 0 spiro atoms. The zero-order valence-corrected chi connectivity index (χ0v) is 12.6. The Morgan fingerprint density at radius 1 is 0.950 bits per heavy atom. The summed E-state index contributed by atoms with van der Waals surface area (Å²) >= 11 is 9.49. The second-order valence-corrected chi connectivity index (χ2v) is 5.62. The van der Waals surface area contributed by atoms with Gasteiger partial charge < -0.3 is 4.42 Å². The van der Waals surface area contributed by atoms with Crippen LogP contribution in [0.1, 0.15) is 0 Å². The maximum Gasteiger partial charge on any atom is 0.153 e. The highest BCUT2D eigenvalue weighted by Gasteiger charge is 2.14. The molecule has 4 heteroatoms. The van der Waals surface area contributed by atoms with Crippen LogP contribution in [0, 0.1) is 5.82 Å². The van der Waals surface area contributed by atoms with Gasteiger partial charge in [-0.1, -0.05) is 39.7 Å². The number of rotatable bonds is 2. The van der Waals surface area contributed by atoms with Crippen LogP contribution in [0.25, 0.3) is 22.5 Å². The maximum atomic E-state index is 13.6. The molecule has 0 aliphatic carbocycles. The lowest BCUT2D eigenvalue weighted by Crippen LogP contribution is -1.86. The van der Waals surface area contributed by atoms with Crippen molar-refractivity contribution in [2.75, 3.05) is 0 Å². The summed E-state index contributed by atoms with van der Waals surface area (Å²) in [7, 11) is 0. The molecule has 0 saturated heterocycles. The van der Waals surface area contributed by atoms with E-state index in [1.54, 1.807) is 12.1 Å². The van der Waals surface area contributed by atoms with Crippen molar-refractivity contribution in [1.82, 2.24) is 0 Å². The predicted molar refractivity (Wildman–Crippen MR) is 82.2 cm³/mol. The summed E-state index contributed by atoms with van der Waals surface area (Å²) in [6.45, 7) is 0. The first kappa shape index (κ1) is 13.4. The fourth-order valence-corrected chi connectivity index (χ4v) is 2.53. The highest BCUT2D eigenvalue weighted by Crippen LogP contribution is 2.37. The highest BCUT2D eigenvalue weighted by atomic mass is 79.9. The third kappa shape index (κ3) is 2.51. The lowest BCUT2D eigenvalue weighted by atomic mass is 9.98. The molecule has 3 rings (SSSR count). The molecular weight excluding hydrogens is 343 g/mol. The quantitative estimate of drug-likeness (QED) is 0.538. The smallest absolute Gasteiger partial charge is 0.153 e. The summed E-state index contributed by atoms with van der Waals surface area (Å²) in [4.78, 5) is 0. The van der Waals surface area contributed by atoms with Gasteiger partial charge in [-0.2, -0.15) is 0 Å². The molecule has 1 heterocycles. The minimum absolute atomic E-state index is 0.297. The molecule has 2 aromatic carbocycles. The molecule has 0 bridgehead atoms. The van der Waals surface area contributed by atoms with Crippen molar-refractivity contribution in [3.8, 4) is 22.5 Å². The minimum Gasteiger partial charge on any atom is -0.463 e. The van der Waals surface area contributed by atoms with Crippen LogP contribution in [0.5, 0.6) is 0 Å². The van der Waals surface area contributed by atoms with Crippen LogP contribution < -0.4 is 0 Å².